The van der Waals surface area contributed by atoms with Crippen molar-refractivity contribution in [3.63, 3.8) is 0 Å². The van der Waals surface area contributed by atoms with Crippen LogP contribution in [0.2, 0.25) is 0 Å². The molecule has 26 heavy (non-hydrogen) atoms. The average Bonchev–Trinajstić information content (AvgIpc) is 3.19. The summed E-state index contributed by atoms with van der Waals surface area (Å²) in [6.45, 7) is 3.81. The molecule has 0 bridgehead atoms. The summed E-state index contributed by atoms with van der Waals surface area (Å²) in [4.78, 5) is 38.9. The summed E-state index contributed by atoms with van der Waals surface area (Å²) < 4.78 is 1.78. The van der Waals surface area contributed by atoms with Gasteiger partial charge in [0.15, 0.2) is 0 Å². The number of hydrogen-bond acceptors (Lipinski definition) is 3. The summed E-state index contributed by atoms with van der Waals surface area (Å²) in [6, 6.07) is 4.30. The van der Waals surface area contributed by atoms with Crippen LogP contribution in [0.25, 0.3) is 11.0 Å². The minimum absolute atomic E-state index is 0.149. The molecule has 3 rings (SSSR count). The van der Waals surface area contributed by atoms with Crippen molar-refractivity contribution in [2.24, 2.45) is 5.92 Å². The van der Waals surface area contributed by atoms with Crippen LogP contribution in [0, 0.1) is 5.92 Å². The summed E-state index contributed by atoms with van der Waals surface area (Å²) in [5, 5.41) is 11.9. The highest BCUT2D eigenvalue weighted by Crippen LogP contribution is 2.30. The van der Waals surface area contributed by atoms with E-state index in [0.29, 0.717) is 17.5 Å². The Kier molecular flexibility index (Phi) is 5.15. The highest BCUT2D eigenvalue weighted by atomic mass is 16.4. The fraction of sp³-hybridized carbons (Fsp3) is 0.526. The third-order valence-corrected chi connectivity index (χ3v) is 4.98. The number of carboxylic acid groups (broad SMARTS) is 1. The molecule has 1 aliphatic carbocycles. The molecule has 1 heterocycles. The number of H-pyrrole nitrogens is 1. The number of fused-ring (bicyclic) bond motifs is 1. The third-order valence-electron chi connectivity index (χ3n) is 4.98. The Bertz CT molecular complexity index is 875. The molecule has 7 nitrogen and oxygen atoms in total. The van der Waals surface area contributed by atoms with Crippen molar-refractivity contribution in [3.8, 4) is 0 Å². The third kappa shape index (κ3) is 3.66. The zero-order chi connectivity index (χ0) is 18.8. The molecule has 3 N–H and O–H groups in total. The fourth-order valence-corrected chi connectivity index (χ4v) is 3.73. The number of nitrogens with one attached hydrogen (secondary N) is 2. The first-order chi connectivity index (χ1) is 12.4. The standard InChI is InChI=1S/C19H25N3O4/c1-11(2)9-15(18(24)25)20-17(23)12-7-8-16-14(10-12)21-19(26)22(16)13-5-3-4-6-13/h7-8,10-11,13,15H,3-6,9H2,1-2H3,(H,20,23)(H,21,26)(H,24,25). The van der Waals surface area contributed by atoms with E-state index < -0.39 is 17.9 Å². The fourth-order valence-electron chi connectivity index (χ4n) is 3.73. The number of hydrogen-bond donors (Lipinski definition) is 3. The van der Waals surface area contributed by atoms with E-state index >= 15 is 0 Å². The van der Waals surface area contributed by atoms with Crippen LogP contribution in [0.1, 0.15) is 62.4 Å². The maximum atomic E-state index is 12.5. The molecule has 2 aromatic rings. The van der Waals surface area contributed by atoms with Crippen molar-refractivity contribution >= 4 is 22.9 Å². The number of carbonyl (C=O) groups is 2. The second-order valence-corrected chi connectivity index (χ2v) is 7.46. The first-order valence-electron chi connectivity index (χ1n) is 9.14. The number of rotatable bonds is 6. The highest BCUT2D eigenvalue weighted by Gasteiger charge is 2.24. The van der Waals surface area contributed by atoms with Gasteiger partial charge in [0, 0.05) is 11.6 Å². The molecule has 0 aliphatic heterocycles. The molecule has 7 heteroatoms. The molecule has 1 amide bonds. The Morgan fingerprint density at radius 1 is 1.31 bits per heavy atom. The molecule has 1 saturated carbocycles. The summed E-state index contributed by atoms with van der Waals surface area (Å²) in [6.07, 6.45) is 4.58. The van der Waals surface area contributed by atoms with Crippen LogP contribution in [0.15, 0.2) is 23.0 Å². The second-order valence-electron chi connectivity index (χ2n) is 7.46. The molecular formula is C19H25N3O4. The zero-order valence-corrected chi connectivity index (χ0v) is 15.1. The first-order valence-corrected chi connectivity index (χ1v) is 9.14. The Morgan fingerprint density at radius 2 is 2.00 bits per heavy atom. The van der Waals surface area contributed by atoms with Gasteiger partial charge in [0.25, 0.3) is 5.91 Å². The molecule has 1 fully saturated rings. The van der Waals surface area contributed by atoms with Gasteiger partial charge in [-0.25, -0.2) is 9.59 Å². The van der Waals surface area contributed by atoms with Crippen LogP contribution >= 0.6 is 0 Å². The highest BCUT2D eigenvalue weighted by molar-refractivity contribution is 5.99. The van der Waals surface area contributed by atoms with Crippen molar-refractivity contribution in [3.05, 3.63) is 34.2 Å². The average molecular weight is 359 g/mol. The molecular weight excluding hydrogens is 334 g/mol. The quantitative estimate of drug-likeness (QED) is 0.737. The number of benzene rings is 1. The molecule has 140 valence electrons. The van der Waals surface area contributed by atoms with Crippen LogP contribution in [0.4, 0.5) is 0 Å². The van der Waals surface area contributed by atoms with Gasteiger partial charge in [-0.1, -0.05) is 26.7 Å². The van der Waals surface area contributed by atoms with Gasteiger partial charge in [-0.3, -0.25) is 9.36 Å². The summed E-state index contributed by atoms with van der Waals surface area (Å²) in [7, 11) is 0. The molecule has 1 aromatic carbocycles. The van der Waals surface area contributed by atoms with Crippen LogP contribution < -0.4 is 11.0 Å². The van der Waals surface area contributed by atoms with Gasteiger partial charge in [0.05, 0.1) is 11.0 Å². The Morgan fingerprint density at radius 3 is 2.62 bits per heavy atom. The lowest BCUT2D eigenvalue weighted by Gasteiger charge is -2.16. The number of nitrogens with zero attached hydrogens (tertiary/aromatic N) is 1. The number of amides is 1. The lowest BCUT2D eigenvalue weighted by Crippen LogP contribution is -2.41. The molecule has 1 atom stereocenters. The van der Waals surface area contributed by atoms with Crippen molar-refractivity contribution < 1.29 is 14.7 Å². The van der Waals surface area contributed by atoms with E-state index in [1.165, 1.54) is 0 Å². The topological polar surface area (TPSA) is 104 Å². The summed E-state index contributed by atoms with van der Waals surface area (Å²) in [5.41, 5.74) is 1.57. The zero-order valence-electron chi connectivity index (χ0n) is 15.1. The Balaban J connectivity index is 1.86. The molecule has 0 radical (unpaired) electrons. The maximum absolute atomic E-state index is 12.5. The SMILES string of the molecule is CC(C)CC(NC(=O)c1ccc2c(c1)[nH]c(=O)n2C1CCCC1)C(=O)O. The second kappa shape index (κ2) is 7.35. The van der Waals surface area contributed by atoms with Crippen LogP contribution in [0.3, 0.4) is 0 Å². The van der Waals surface area contributed by atoms with Gasteiger partial charge in [0.2, 0.25) is 0 Å². The van der Waals surface area contributed by atoms with E-state index in [9.17, 15) is 19.5 Å². The van der Waals surface area contributed by atoms with Gasteiger partial charge in [0.1, 0.15) is 6.04 Å². The van der Waals surface area contributed by atoms with Crippen molar-refractivity contribution in [1.29, 1.82) is 0 Å². The Labute approximate surface area is 151 Å². The van der Waals surface area contributed by atoms with Crippen molar-refractivity contribution in [2.45, 2.75) is 58.0 Å². The largest absolute Gasteiger partial charge is 0.480 e. The van der Waals surface area contributed by atoms with E-state index in [4.69, 9.17) is 0 Å². The van der Waals surface area contributed by atoms with Gasteiger partial charge in [-0.15, -0.1) is 0 Å². The Hall–Kier alpha value is -2.57. The van der Waals surface area contributed by atoms with Crippen molar-refractivity contribution in [1.82, 2.24) is 14.9 Å². The number of aromatic amines is 1. The molecule has 0 spiro atoms. The van der Waals surface area contributed by atoms with E-state index in [1.54, 1.807) is 22.8 Å². The van der Waals surface area contributed by atoms with E-state index in [-0.39, 0.29) is 17.6 Å². The number of aliphatic carboxylic acids is 1. The van der Waals surface area contributed by atoms with E-state index in [1.807, 2.05) is 13.8 Å². The number of aromatic nitrogens is 2. The van der Waals surface area contributed by atoms with Crippen LogP contribution in [-0.2, 0) is 4.79 Å². The minimum atomic E-state index is -1.05. The van der Waals surface area contributed by atoms with Crippen LogP contribution in [-0.4, -0.2) is 32.6 Å². The lowest BCUT2D eigenvalue weighted by molar-refractivity contribution is -0.139. The predicted octanol–water partition coefficient (Wildman–Crippen LogP) is 2.67. The van der Waals surface area contributed by atoms with Gasteiger partial charge in [-0.2, -0.15) is 0 Å². The monoisotopic (exact) mass is 359 g/mol. The molecule has 0 saturated heterocycles. The van der Waals surface area contributed by atoms with Gasteiger partial charge < -0.3 is 15.4 Å². The van der Waals surface area contributed by atoms with Gasteiger partial charge >= 0.3 is 11.7 Å². The maximum Gasteiger partial charge on any atom is 0.326 e. The minimum Gasteiger partial charge on any atom is -0.480 e. The molecule has 1 aromatic heterocycles. The first kappa shape index (κ1) is 18.2. The van der Waals surface area contributed by atoms with Gasteiger partial charge in [-0.05, 0) is 43.4 Å². The van der Waals surface area contributed by atoms with Crippen molar-refractivity contribution in [2.75, 3.05) is 0 Å². The molecule has 1 unspecified atom stereocenters. The normalized spacial score (nSPS) is 16.3. The van der Waals surface area contributed by atoms with Crippen LogP contribution in [0.5, 0.6) is 0 Å². The summed E-state index contributed by atoms with van der Waals surface area (Å²) >= 11 is 0. The smallest absolute Gasteiger partial charge is 0.326 e. The van der Waals surface area contributed by atoms with E-state index in [0.717, 1.165) is 31.2 Å². The summed E-state index contributed by atoms with van der Waals surface area (Å²) in [5.74, 6) is -1.35. The lowest BCUT2D eigenvalue weighted by atomic mass is 10.0. The number of carbonyl (C=O) groups excluding carboxylic acids is 1. The number of carboxylic acids is 1. The predicted molar refractivity (Wildman–Crippen MR) is 98.4 cm³/mol. The van der Waals surface area contributed by atoms with E-state index in [2.05, 4.69) is 10.3 Å². The molecule has 1 aliphatic rings. The number of imidazole rings is 1.